The predicted octanol–water partition coefficient (Wildman–Crippen LogP) is 0.944. The molecule has 0 aromatic heterocycles. The molecule has 1 aliphatic heterocycles. The van der Waals surface area contributed by atoms with Crippen LogP contribution in [0.5, 0.6) is 0 Å². The van der Waals surface area contributed by atoms with Gasteiger partial charge in [0.25, 0.3) is 0 Å². The minimum atomic E-state index is -0.738. The van der Waals surface area contributed by atoms with Gasteiger partial charge >= 0.3 is 5.97 Å². The summed E-state index contributed by atoms with van der Waals surface area (Å²) in [6, 6.07) is -0.405. The van der Waals surface area contributed by atoms with Crippen molar-refractivity contribution >= 4 is 5.97 Å². The maximum Gasteiger partial charge on any atom is 0.321 e. The second-order valence-electron chi connectivity index (χ2n) is 4.95. The molecule has 1 heterocycles. The molecule has 1 aliphatic rings. The number of rotatable bonds is 4. The van der Waals surface area contributed by atoms with E-state index in [2.05, 4.69) is 0 Å². The van der Waals surface area contributed by atoms with Crippen LogP contribution in [0.1, 0.15) is 33.1 Å². The Morgan fingerprint density at radius 1 is 1.53 bits per heavy atom. The van der Waals surface area contributed by atoms with Gasteiger partial charge in [0.05, 0.1) is 0 Å². The number of likely N-dealkylation sites (tertiary alicyclic amines) is 1. The van der Waals surface area contributed by atoms with Gasteiger partial charge in [0.1, 0.15) is 6.04 Å². The number of aliphatic hydroxyl groups is 1. The van der Waals surface area contributed by atoms with Crippen molar-refractivity contribution in [1.29, 1.82) is 0 Å². The Labute approximate surface area is 90.9 Å². The number of hydrogen-bond acceptors (Lipinski definition) is 3. The van der Waals surface area contributed by atoms with Crippen LogP contribution in [0, 0.1) is 5.41 Å². The highest BCUT2D eigenvalue weighted by atomic mass is 16.4. The third-order valence-corrected chi connectivity index (χ3v) is 3.21. The summed E-state index contributed by atoms with van der Waals surface area (Å²) >= 11 is 0. The Morgan fingerprint density at radius 3 is 2.73 bits per heavy atom. The van der Waals surface area contributed by atoms with Crippen LogP contribution in [-0.2, 0) is 4.79 Å². The van der Waals surface area contributed by atoms with Gasteiger partial charge in [-0.3, -0.25) is 9.69 Å². The number of nitrogens with zero attached hydrogens (tertiary/aromatic N) is 1. The highest BCUT2D eigenvalue weighted by molar-refractivity contribution is 5.74. The third-order valence-electron chi connectivity index (χ3n) is 3.21. The molecule has 0 aliphatic carbocycles. The van der Waals surface area contributed by atoms with Crippen LogP contribution in [0.3, 0.4) is 0 Å². The van der Waals surface area contributed by atoms with E-state index in [0.717, 1.165) is 19.4 Å². The van der Waals surface area contributed by atoms with Crippen molar-refractivity contribution in [2.45, 2.75) is 39.2 Å². The van der Waals surface area contributed by atoms with E-state index < -0.39 is 12.0 Å². The third kappa shape index (κ3) is 2.92. The molecule has 4 heteroatoms. The highest BCUT2D eigenvalue weighted by Gasteiger charge is 2.41. The fourth-order valence-corrected chi connectivity index (χ4v) is 2.50. The summed E-state index contributed by atoms with van der Waals surface area (Å²) in [4.78, 5) is 13.2. The minimum Gasteiger partial charge on any atom is -0.480 e. The maximum atomic E-state index is 11.2. The Morgan fingerprint density at radius 2 is 2.20 bits per heavy atom. The molecule has 0 spiro atoms. The monoisotopic (exact) mass is 215 g/mol. The summed E-state index contributed by atoms with van der Waals surface area (Å²) in [5, 5.41) is 18.0. The molecule has 4 nitrogen and oxygen atoms in total. The molecule has 1 saturated heterocycles. The number of aliphatic hydroxyl groups excluding tert-OH is 1. The van der Waals surface area contributed by atoms with Crippen molar-refractivity contribution in [2.75, 3.05) is 19.7 Å². The summed E-state index contributed by atoms with van der Waals surface area (Å²) in [6.45, 7) is 5.66. The van der Waals surface area contributed by atoms with Crippen molar-refractivity contribution in [3.05, 3.63) is 0 Å². The Kier molecular flexibility index (Phi) is 4.11. The molecule has 15 heavy (non-hydrogen) atoms. The number of carboxylic acids is 1. The van der Waals surface area contributed by atoms with E-state index in [1.165, 1.54) is 0 Å². The van der Waals surface area contributed by atoms with Crippen molar-refractivity contribution in [2.24, 2.45) is 5.41 Å². The molecule has 1 atom stereocenters. The lowest BCUT2D eigenvalue weighted by Gasteiger charge is -2.44. The number of piperidine rings is 1. The van der Waals surface area contributed by atoms with Crippen molar-refractivity contribution in [3.8, 4) is 0 Å². The van der Waals surface area contributed by atoms with Gasteiger partial charge in [-0.15, -0.1) is 0 Å². The maximum absolute atomic E-state index is 11.2. The second kappa shape index (κ2) is 4.94. The smallest absolute Gasteiger partial charge is 0.321 e. The van der Waals surface area contributed by atoms with Gasteiger partial charge in [0.2, 0.25) is 0 Å². The van der Waals surface area contributed by atoms with Crippen LogP contribution < -0.4 is 0 Å². The molecule has 88 valence electrons. The van der Waals surface area contributed by atoms with Crippen LogP contribution in [0.2, 0.25) is 0 Å². The zero-order valence-corrected chi connectivity index (χ0v) is 9.57. The van der Waals surface area contributed by atoms with Gasteiger partial charge in [0.15, 0.2) is 0 Å². The molecule has 1 fully saturated rings. The van der Waals surface area contributed by atoms with Crippen LogP contribution in [0.4, 0.5) is 0 Å². The van der Waals surface area contributed by atoms with E-state index in [0.29, 0.717) is 13.0 Å². The zero-order valence-electron chi connectivity index (χ0n) is 9.57. The molecule has 0 radical (unpaired) electrons. The van der Waals surface area contributed by atoms with E-state index in [9.17, 15) is 9.90 Å². The standard InChI is InChI=1S/C11H21NO3/c1-11(2)5-3-6-12(7-4-8-13)9(11)10(14)15/h9,13H,3-8H2,1-2H3,(H,14,15). The van der Waals surface area contributed by atoms with Gasteiger partial charge in [0, 0.05) is 13.2 Å². The Hall–Kier alpha value is -0.610. The second-order valence-corrected chi connectivity index (χ2v) is 4.95. The van der Waals surface area contributed by atoms with Crippen molar-refractivity contribution < 1.29 is 15.0 Å². The van der Waals surface area contributed by atoms with Crippen LogP contribution in [-0.4, -0.2) is 46.8 Å². The molecule has 0 aromatic rings. The fraction of sp³-hybridized carbons (Fsp3) is 0.909. The minimum absolute atomic E-state index is 0.128. The first kappa shape index (κ1) is 12.5. The van der Waals surface area contributed by atoms with Crippen LogP contribution >= 0.6 is 0 Å². The average Bonchev–Trinajstić information content (AvgIpc) is 2.12. The fourth-order valence-electron chi connectivity index (χ4n) is 2.50. The molecule has 0 saturated carbocycles. The van der Waals surface area contributed by atoms with E-state index in [1.807, 2.05) is 18.7 Å². The molecule has 2 N–H and O–H groups in total. The summed E-state index contributed by atoms with van der Waals surface area (Å²) in [5.41, 5.74) is -0.167. The predicted molar refractivity (Wildman–Crippen MR) is 57.7 cm³/mol. The zero-order chi connectivity index (χ0) is 11.5. The SMILES string of the molecule is CC1(C)CCCN(CCCO)C1C(=O)O. The van der Waals surface area contributed by atoms with E-state index in [-0.39, 0.29) is 12.0 Å². The molecule has 0 amide bonds. The molecular formula is C11H21NO3. The average molecular weight is 215 g/mol. The summed E-state index contributed by atoms with van der Waals surface area (Å²) in [6.07, 6.45) is 2.65. The van der Waals surface area contributed by atoms with Crippen LogP contribution in [0.25, 0.3) is 0 Å². The Bertz CT molecular complexity index is 228. The summed E-state index contributed by atoms with van der Waals surface area (Å²) < 4.78 is 0. The topological polar surface area (TPSA) is 60.8 Å². The highest BCUT2D eigenvalue weighted by Crippen LogP contribution is 2.35. The first-order valence-electron chi connectivity index (χ1n) is 5.57. The number of carboxylic acid groups (broad SMARTS) is 1. The number of aliphatic carboxylic acids is 1. The number of carbonyl (C=O) groups is 1. The largest absolute Gasteiger partial charge is 0.480 e. The van der Waals surface area contributed by atoms with Crippen molar-refractivity contribution in [3.63, 3.8) is 0 Å². The lowest BCUT2D eigenvalue weighted by atomic mass is 9.76. The Balaban J connectivity index is 2.71. The molecule has 0 bridgehead atoms. The normalized spacial score (nSPS) is 26.5. The lowest BCUT2D eigenvalue weighted by Crippen LogP contribution is -2.54. The van der Waals surface area contributed by atoms with E-state index in [4.69, 9.17) is 5.11 Å². The molecule has 1 rings (SSSR count). The quantitative estimate of drug-likeness (QED) is 0.733. The van der Waals surface area contributed by atoms with Gasteiger partial charge in [-0.25, -0.2) is 0 Å². The first-order valence-corrected chi connectivity index (χ1v) is 5.57. The summed E-state index contributed by atoms with van der Waals surface area (Å²) in [5.74, 6) is -0.738. The van der Waals surface area contributed by atoms with Gasteiger partial charge < -0.3 is 10.2 Å². The molecule has 1 unspecified atom stereocenters. The van der Waals surface area contributed by atoms with Gasteiger partial charge in [-0.1, -0.05) is 13.8 Å². The molecular weight excluding hydrogens is 194 g/mol. The number of hydrogen-bond donors (Lipinski definition) is 2. The van der Waals surface area contributed by atoms with Crippen molar-refractivity contribution in [1.82, 2.24) is 4.90 Å². The van der Waals surface area contributed by atoms with Gasteiger partial charge in [-0.2, -0.15) is 0 Å². The summed E-state index contributed by atoms with van der Waals surface area (Å²) in [7, 11) is 0. The van der Waals surface area contributed by atoms with E-state index in [1.54, 1.807) is 0 Å². The van der Waals surface area contributed by atoms with Crippen LogP contribution in [0.15, 0.2) is 0 Å². The first-order chi connectivity index (χ1) is 6.99. The molecule has 0 aromatic carbocycles. The van der Waals surface area contributed by atoms with Gasteiger partial charge in [-0.05, 0) is 31.2 Å². The lowest BCUT2D eigenvalue weighted by molar-refractivity contribution is -0.150. The van der Waals surface area contributed by atoms with E-state index >= 15 is 0 Å².